The van der Waals surface area contributed by atoms with E-state index in [4.69, 9.17) is 0 Å². The molecule has 21 heavy (non-hydrogen) atoms. The zero-order valence-electron chi connectivity index (χ0n) is 13.6. The number of benzene rings is 1. The van der Waals surface area contributed by atoms with Crippen LogP contribution in [0.2, 0.25) is 0 Å². The molecule has 1 aliphatic rings. The molecule has 1 heterocycles. The second-order valence-corrected chi connectivity index (χ2v) is 7.72. The normalized spacial score (nSPS) is 15.8. The number of nitrogens with one attached hydrogen (secondary N) is 1. The molecule has 1 aliphatic heterocycles. The molecule has 0 unspecified atom stereocenters. The Bertz CT molecular complexity index is 623. The minimum absolute atomic E-state index is 0. The molecule has 4 nitrogen and oxygen atoms in total. The number of rotatable bonds is 3. The van der Waals surface area contributed by atoms with E-state index in [0.29, 0.717) is 4.90 Å². The molecule has 0 amide bonds. The maximum atomic E-state index is 12.9. The summed E-state index contributed by atoms with van der Waals surface area (Å²) >= 11 is 0. The topological polar surface area (TPSA) is 49.4 Å². The van der Waals surface area contributed by atoms with E-state index in [1.54, 1.807) is 7.05 Å². The number of hydrogen-bond donors (Lipinski definition) is 1. The van der Waals surface area contributed by atoms with Crippen LogP contribution >= 0.6 is 12.4 Å². The van der Waals surface area contributed by atoms with Crippen LogP contribution in [-0.2, 0) is 10.0 Å². The molecular weight excluding hydrogens is 308 g/mol. The van der Waals surface area contributed by atoms with Gasteiger partial charge in [-0.05, 0) is 62.4 Å². The van der Waals surface area contributed by atoms with E-state index < -0.39 is 10.0 Å². The molecule has 1 fully saturated rings. The summed E-state index contributed by atoms with van der Waals surface area (Å²) in [5.74, 6) is 0. The van der Waals surface area contributed by atoms with Crippen molar-refractivity contribution in [3.63, 3.8) is 0 Å². The van der Waals surface area contributed by atoms with Crippen LogP contribution in [0, 0.1) is 34.6 Å². The lowest BCUT2D eigenvalue weighted by Crippen LogP contribution is -2.57. The number of likely N-dealkylation sites (N-methyl/N-ethyl adjacent to an activating group) is 1. The monoisotopic (exact) mass is 332 g/mol. The largest absolute Gasteiger partial charge is 0.313 e. The van der Waals surface area contributed by atoms with Crippen molar-refractivity contribution in [2.75, 3.05) is 20.1 Å². The zero-order chi connectivity index (χ0) is 15.2. The predicted molar refractivity (Wildman–Crippen MR) is 89.0 cm³/mol. The van der Waals surface area contributed by atoms with E-state index >= 15 is 0 Å². The highest BCUT2D eigenvalue weighted by atomic mass is 35.5. The van der Waals surface area contributed by atoms with Crippen molar-refractivity contribution >= 4 is 22.4 Å². The smallest absolute Gasteiger partial charge is 0.243 e. The van der Waals surface area contributed by atoms with E-state index in [2.05, 4.69) is 12.2 Å². The quantitative estimate of drug-likeness (QED) is 0.923. The summed E-state index contributed by atoms with van der Waals surface area (Å²) in [6.45, 7) is 11.3. The van der Waals surface area contributed by atoms with Gasteiger partial charge in [-0.1, -0.05) is 0 Å². The highest BCUT2D eigenvalue weighted by Gasteiger charge is 2.34. The number of hydrogen-bond acceptors (Lipinski definition) is 3. The third kappa shape index (κ3) is 2.84. The first-order chi connectivity index (χ1) is 9.19. The van der Waals surface area contributed by atoms with Gasteiger partial charge in [0, 0.05) is 26.2 Å². The first-order valence-corrected chi connectivity index (χ1v) is 8.39. The summed E-state index contributed by atoms with van der Waals surface area (Å²) in [7, 11) is -1.74. The van der Waals surface area contributed by atoms with Crippen molar-refractivity contribution in [2.45, 2.75) is 45.6 Å². The van der Waals surface area contributed by atoms with Gasteiger partial charge in [-0.3, -0.25) is 0 Å². The van der Waals surface area contributed by atoms with Crippen molar-refractivity contribution < 1.29 is 8.42 Å². The molecule has 1 aromatic carbocycles. The second-order valence-electron chi connectivity index (χ2n) is 5.79. The predicted octanol–water partition coefficient (Wildman–Crippen LogP) is 2.24. The molecule has 0 atom stereocenters. The molecule has 0 aliphatic carbocycles. The van der Waals surface area contributed by atoms with Crippen LogP contribution in [0.5, 0.6) is 0 Å². The SMILES string of the molecule is Cc1c(C)c(C)c(S(=O)(=O)N(C)C2CNC2)c(C)c1C.Cl. The summed E-state index contributed by atoms with van der Waals surface area (Å²) in [6, 6.07) is 0.0701. The van der Waals surface area contributed by atoms with Crippen molar-refractivity contribution in [2.24, 2.45) is 0 Å². The van der Waals surface area contributed by atoms with Crippen LogP contribution in [-0.4, -0.2) is 38.9 Å². The van der Waals surface area contributed by atoms with Crippen molar-refractivity contribution in [3.8, 4) is 0 Å². The summed E-state index contributed by atoms with van der Waals surface area (Å²) in [5.41, 5.74) is 5.10. The van der Waals surface area contributed by atoms with E-state index in [1.807, 2.05) is 27.7 Å². The molecule has 2 rings (SSSR count). The van der Waals surface area contributed by atoms with Gasteiger partial charge in [0.15, 0.2) is 0 Å². The summed E-state index contributed by atoms with van der Waals surface area (Å²) in [6.07, 6.45) is 0. The van der Waals surface area contributed by atoms with Crippen molar-refractivity contribution in [1.82, 2.24) is 9.62 Å². The Labute approximate surface area is 134 Å². The van der Waals surface area contributed by atoms with Crippen LogP contribution in [0.25, 0.3) is 0 Å². The van der Waals surface area contributed by atoms with Crippen molar-refractivity contribution in [1.29, 1.82) is 0 Å². The Morgan fingerprint density at radius 2 is 1.29 bits per heavy atom. The minimum atomic E-state index is -3.43. The maximum absolute atomic E-state index is 12.9. The molecule has 0 aromatic heterocycles. The number of nitrogens with zero attached hydrogens (tertiary/aromatic N) is 1. The molecule has 1 aromatic rings. The van der Waals surface area contributed by atoms with Gasteiger partial charge in [0.25, 0.3) is 0 Å². The van der Waals surface area contributed by atoms with Gasteiger partial charge in [0.05, 0.1) is 4.90 Å². The summed E-state index contributed by atoms with van der Waals surface area (Å²) in [4.78, 5) is 0.493. The van der Waals surface area contributed by atoms with Crippen molar-refractivity contribution in [3.05, 3.63) is 27.8 Å². The summed E-state index contributed by atoms with van der Waals surface area (Å²) in [5, 5.41) is 3.12. The highest BCUT2D eigenvalue weighted by molar-refractivity contribution is 7.89. The van der Waals surface area contributed by atoms with Gasteiger partial charge in [0.1, 0.15) is 0 Å². The van der Waals surface area contributed by atoms with Crippen LogP contribution in [0.1, 0.15) is 27.8 Å². The fourth-order valence-electron chi connectivity index (χ4n) is 2.72. The average molecular weight is 333 g/mol. The molecular formula is C15H25ClN2O2S. The molecule has 1 N–H and O–H groups in total. The first-order valence-electron chi connectivity index (χ1n) is 6.95. The third-order valence-corrected chi connectivity index (χ3v) is 7.03. The lowest BCUT2D eigenvalue weighted by molar-refractivity contribution is 0.274. The second kappa shape index (κ2) is 6.24. The Balaban J connectivity index is 0.00000220. The number of sulfonamides is 1. The van der Waals surface area contributed by atoms with Crippen LogP contribution in [0.4, 0.5) is 0 Å². The molecule has 0 spiro atoms. The minimum Gasteiger partial charge on any atom is -0.313 e. The Morgan fingerprint density at radius 1 is 0.905 bits per heavy atom. The Kier molecular flexibility index (Phi) is 5.48. The molecule has 120 valence electrons. The van der Waals surface area contributed by atoms with Gasteiger partial charge in [-0.25, -0.2) is 8.42 Å². The standard InChI is InChI=1S/C15H24N2O2S.ClH/c1-9-10(2)12(4)15(13(5)11(9)3)20(18,19)17(6)14-7-16-8-14;/h14,16H,7-8H2,1-6H3;1H. The fraction of sp³-hybridized carbons (Fsp3) is 0.600. The molecule has 0 bridgehead atoms. The van der Waals surface area contributed by atoms with Crippen LogP contribution in [0.15, 0.2) is 4.90 Å². The third-order valence-electron chi connectivity index (χ3n) is 4.84. The highest BCUT2D eigenvalue weighted by Crippen LogP contribution is 2.31. The number of halogens is 1. The first kappa shape index (κ1) is 18.4. The lowest BCUT2D eigenvalue weighted by Gasteiger charge is -2.35. The fourth-order valence-corrected chi connectivity index (χ4v) is 4.63. The Hall–Kier alpha value is -0.620. The molecule has 6 heteroatoms. The van der Waals surface area contributed by atoms with Gasteiger partial charge in [-0.15, -0.1) is 12.4 Å². The average Bonchev–Trinajstić information content (AvgIpc) is 2.31. The molecule has 0 saturated carbocycles. The van der Waals surface area contributed by atoms with Gasteiger partial charge in [0.2, 0.25) is 10.0 Å². The van der Waals surface area contributed by atoms with Gasteiger partial charge >= 0.3 is 0 Å². The lowest BCUT2D eigenvalue weighted by atomic mass is 9.95. The Morgan fingerprint density at radius 3 is 1.62 bits per heavy atom. The zero-order valence-corrected chi connectivity index (χ0v) is 15.2. The molecule has 0 radical (unpaired) electrons. The van der Waals surface area contributed by atoms with E-state index in [9.17, 15) is 8.42 Å². The van der Waals surface area contributed by atoms with Crippen LogP contribution in [0.3, 0.4) is 0 Å². The van der Waals surface area contributed by atoms with E-state index in [0.717, 1.165) is 35.3 Å². The molecule has 1 saturated heterocycles. The van der Waals surface area contributed by atoms with Crippen LogP contribution < -0.4 is 5.32 Å². The maximum Gasteiger partial charge on any atom is 0.243 e. The summed E-state index contributed by atoms with van der Waals surface area (Å²) < 4.78 is 27.4. The van der Waals surface area contributed by atoms with E-state index in [1.165, 1.54) is 9.87 Å². The van der Waals surface area contributed by atoms with Gasteiger partial charge < -0.3 is 5.32 Å². The van der Waals surface area contributed by atoms with E-state index in [-0.39, 0.29) is 18.4 Å². The van der Waals surface area contributed by atoms with Gasteiger partial charge in [-0.2, -0.15) is 4.31 Å².